The minimum absolute atomic E-state index is 0.182. The largest absolute Gasteiger partial charge is 0.397 e. The van der Waals surface area contributed by atoms with E-state index < -0.39 is 5.82 Å². The molecule has 0 aromatic heterocycles. The van der Waals surface area contributed by atoms with Crippen LogP contribution in [-0.2, 0) is 4.79 Å². The predicted molar refractivity (Wildman–Crippen MR) is 96.6 cm³/mol. The Morgan fingerprint density at radius 2 is 1.62 bits per heavy atom. The van der Waals surface area contributed by atoms with Crippen LogP contribution < -0.4 is 16.4 Å². The van der Waals surface area contributed by atoms with Crippen molar-refractivity contribution in [2.24, 2.45) is 0 Å². The summed E-state index contributed by atoms with van der Waals surface area (Å²) in [5.74, 6) is -1.29. The molecule has 0 saturated carbocycles. The fourth-order valence-electron chi connectivity index (χ4n) is 2.35. The number of nitrogen functional groups attached to an aromatic ring is 1. The highest BCUT2D eigenvalue weighted by Crippen LogP contribution is 2.19. The first-order valence-electron chi connectivity index (χ1n) is 8.34. The van der Waals surface area contributed by atoms with E-state index in [0.29, 0.717) is 30.6 Å². The summed E-state index contributed by atoms with van der Waals surface area (Å²) in [6.07, 6.45) is 2.44. The van der Waals surface area contributed by atoms with E-state index in [1.165, 1.54) is 36.4 Å². The van der Waals surface area contributed by atoms with Crippen molar-refractivity contribution in [3.8, 4) is 0 Å². The minimum atomic E-state index is -0.455. The lowest BCUT2D eigenvalue weighted by Gasteiger charge is -2.08. The molecule has 4 N–H and O–H groups in total. The van der Waals surface area contributed by atoms with Gasteiger partial charge in [-0.15, -0.1) is 0 Å². The molecule has 0 saturated heterocycles. The normalized spacial score (nSPS) is 10.4. The Balaban J connectivity index is 1.60. The molecule has 7 heteroatoms. The molecule has 0 unspecified atom stereocenters. The Morgan fingerprint density at radius 1 is 0.923 bits per heavy atom. The predicted octanol–water partition coefficient (Wildman–Crippen LogP) is 3.48. The summed E-state index contributed by atoms with van der Waals surface area (Å²) < 4.78 is 25.7. The minimum Gasteiger partial charge on any atom is -0.397 e. The van der Waals surface area contributed by atoms with Crippen LogP contribution in [-0.4, -0.2) is 18.4 Å². The van der Waals surface area contributed by atoms with Gasteiger partial charge in [0.1, 0.15) is 11.6 Å². The molecule has 2 aromatic carbocycles. The molecule has 0 aliphatic heterocycles. The van der Waals surface area contributed by atoms with Gasteiger partial charge < -0.3 is 16.4 Å². The smallest absolute Gasteiger partial charge is 0.251 e. The van der Waals surface area contributed by atoms with Gasteiger partial charge in [-0.2, -0.15) is 0 Å². The third kappa shape index (κ3) is 6.16. The molecule has 0 aliphatic rings. The number of anilines is 2. The van der Waals surface area contributed by atoms with Gasteiger partial charge in [-0.25, -0.2) is 8.78 Å². The van der Waals surface area contributed by atoms with Gasteiger partial charge in [0.05, 0.1) is 11.4 Å². The van der Waals surface area contributed by atoms with E-state index in [4.69, 9.17) is 5.73 Å². The Labute approximate surface area is 150 Å². The molecule has 0 spiro atoms. The highest BCUT2D eigenvalue weighted by atomic mass is 19.1. The zero-order valence-corrected chi connectivity index (χ0v) is 14.2. The SMILES string of the molecule is Nc1cc(F)ccc1NC(=O)CCCCCNC(=O)c1ccc(F)cc1. The quantitative estimate of drug-likeness (QED) is 0.497. The van der Waals surface area contributed by atoms with Gasteiger partial charge in [0, 0.05) is 18.5 Å². The average molecular weight is 361 g/mol. The van der Waals surface area contributed by atoms with Gasteiger partial charge in [-0.05, 0) is 55.3 Å². The van der Waals surface area contributed by atoms with Crippen molar-refractivity contribution in [1.82, 2.24) is 5.32 Å². The zero-order chi connectivity index (χ0) is 18.9. The topological polar surface area (TPSA) is 84.2 Å². The number of unbranched alkanes of at least 4 members (excludes halogenated alkanes) is 2. The molecule has 26 heavy (non-hydrogen) atoms. The average Bonchev–Trinajstić information content (AvgIpc) is 2.61. The maximum atomic E-state index is 12.9. The highest BCUT2D eigenvalue weighted by molar-refractivity contribution is 5.94. The maximum absolute atomic E-state index is 12.9. The number of nitrogens with one attached hydrogen (secondary N) is 2. The van der Waals surface area contributed by atoms with Crippen molar-refractivity contribution >= 4 is 23.2 Å². The van der Waals surface area contributed by atoms with E-state index >= 15 is 0 Å². The van der Waals surface area contributed by atoms with Gasteiger partial charge in [0.15, 0.2) is 0 Å². The van der Waals surface area contributed by atoms with Gasteiger partial charge in [0.25, 0.3) is 5.91 Å². The standard InChI is InChI=1S/C19H21F2N3O2/c20-14-7-5-13(6-8-14)19(26)23-11-3-1-2-4-18(25)24-17-10-9-15(21)12-16(17)22/h5-10,12H,1-4,11,22H2,(H,23,26)(H,24,25). The summed E-state index contributed by atoms with van der Waals surface area (Å²) in [6.45, 7) is 0.475. The van der Waals surface area contributed by atoms with Crippen LogP contribution in [0.25, 0.3) is 0 Å². The van der Waals surface area contributed by atoms with E-state index in [1.54, 1.807) is 0 Å². The first kappa shape index (κ1) is 19.4. The van der Waals surface area contributed by atoms with Crippen LogP contribution in [0.15, 0.2) is 42.5 Å². The van der Waals surface area contributed by atoms with Crippen LogP contribution in [0.3, 0.4) is 0 Å². The molecule has 0 aliphatic carbocycles. The van der Waals surface area contributed by atoms with Crippen LogP contribution in [0.5, 0.6) is 0 Å². The fraction of sp³-hybridized carbons (Fsp3) is 0.263. The second kappa shape index (κ2) is 9.50. The molecule has 0 heterocycles. The van der Waals surface area contributed by atoms with Gasteiger partial charge in [-0.1, -0.05) is 6.42 Å². The lowest BCUT2D eigenvalue weighted by atomic mass is 10.1. The second-order valence-electron chi connectivity index (χ2n) is 5.85. The zero-order valence-electron chi connectivity index (χ0n) is 14.2. The van der Waals surface area contributed by atoms with Gasteiger partial charge in [0.2, 0.25) is 5.91 Å². The number of hydrogen-bond acceptors (Lipinski definition) is 3. The number of benzene rings is 2. The fourth-order valence-corrected chi connectivity index (χ4v) is 2.35. The van der Waals surface area contributed by atoms with Crippen molar-refractivity contribution in [2.45, 2.75) is 25.7 Å². The molecule has 0 radical (unpaired) electrons. The number of nitrogens with two attached hydrogens (primary N) is 1. The van der Waals surface area contributed by atoms with Crippen molar-refractivity contribution in [3.05, 3.63) is 59.7 Å². The Morgan fingerprint density at radius 3 is 2.31 bits per heavy atom. The third-order valence-electron chi connectivity index (χ3n) is 3.76. The number of carbonyl (C=O) groups excluding carboxylic acids is 2. The van der Waals surface area contributed by atoms with Crippen LogP contribution in [0.1, 0.15) is 36.0 Å². The number of rotatable bonds is 8. The summed E-state index contributed by atoms with van der Waals surface area (Å²) in [6, 6.07) is 9.14. The molecule has 2 rings (SSSR count). The lowest BCUT2D eigenvalue weighted by Crippen LogP contribution is -2.24. The van der Waals surface area contributed by atoms with Crippen LogP contribution in [0.2, 0.25) is 0 Å². The molecule has 0 fully saturated rings. The Kier molecular flexibility index (Phi) is 7.08. The van der Waals surface area contributed by atoms with Crippen LogP contribution in [0, 0.1) is 11.6 Å². The summed E-state index contributed by atoms with van der Waals surface area (Å²) in [7, 11) is 0. The maximum Gasteiger partial charge on any atom is 0.251 e. The molecule has 5 nitrogen and oxygen atoms in total. The van der Waals surface area contributed by atoms with Crippen LogP contribution >= 0.6 is 0 Å². The van der Waals surface area contributed by atoms with Crippen molar-refractivity contribution in [3.63, 3.8) is 0 Å². The van der Waals surface area contributed by atoms with Crippen LogP contribution in [0.4, 0.5) is 20.2 Å². The number of hydrogen-bond donors (Lipinski definition) is 3. The molecule has 0 atom stereocenters. The number of halogens is 2. The van der Waals surface area contributed by atoms with Crippen molar-refractivity contribution in [2.75, 3.05) is 17.6 Å². The summed E-state index contributed by atoms with van der Waals surface area (Å²) in [4.78, 5) is 23.7. The van der Waals surface area contributed by atoms with E-state index in [0.717, 1.165) is 18.9 Å². The molecule has 2 aromatic rings. The second-order valence-corrected chi connectivity index (χ2v) is 5.85. The van der Waals surface area contributed by atoms with E-state index in [1.807, 2.05) is 0 Å². The monoisotopic (exact) mass is 361 g/mol. The van der Waals surface area contributed by atoms with E-state index in [-0.39, 0.29) is 23.3 Å². The third-order valence-corrected chi connectivity index (χ3v) is 3.76. The lowest BCUT2D eigenvalue weighted by molar-refractivity contribution is -0.116. The van der Waals surface area contributed by atoms with Gasteiger partial charge >= 0.3 is 0 Å². The summed E-state index contributed by atoms with van der Waals surface area (Å²) in [5.41, 5.74) is 6.61. The first-order chi connectivity index (χ1) is 12.5. The summed E-state index contributed by atoms with van der Waals surface area (Å²) >= 11 is 0. The van der Waals surface area contributed by atoms with Crippen molar-refractivity contribution in [1.29, 1.82) is 0 Å². The molecular formula is C19H21F2N3O2. The molecule has 0 bridgehead atoms. The molecule has 138 valence electrons. The van der Waals surface area contributed by atoms with E-state index in [9.17, 15) is 18.4 Å². The number of amides is 2. The summed E-state index contributed by atoms with van der Waals surface area (Å²) in [5, 5.41) is 5.39. The molecule has 2 amide bonds. The van der Waals surface area contributed by atoms with E-state index in [2.05, 4.69) is 10.6 Å². The Hall–Kier alpha value is -2.96. The molecular weight excluding hydrogens is 340 g/mol. The van der Waals surface area contributed by atoms with Gasteiger partial charge in [-0.3, -0.25) is 9.59 Å². The Bertz CT molecular complexity index is 764. The first-order valence-corrected chi connectivity index (χ1v) is 8.34. The number of carbonyl (C=O) groups is 2. The highest BCUT2D eigenvalue weighted by Gasteiger charge is 2.07. The van der Waals surface area contributed by atoms with Crippen molar-refractivity contribution < 1.29 is 18.4 Å².